The fourth-order valence-electron chi connectivity index (χ4n) is 3.38. The van der Waals surface area contributed by atoms with Gasteiger partial charge in [-0.15, -0.1) is 0 Å². The predicted molar refractivity (Wildman–Crippen MR) is 105 cm³/mol. The Morgan fingerprint density at radius 2 is 1.93 bits per heavy atom. The molecule has 1 saturated heterocycles. The lowest BCUT2D eigenvalue weighted by Gasteiger charge is -2.31. The average Bonchev–Trinajstić information content (AvgIpc) is 2.68. The Kier molecular flexibility index (Phi) is 9.25. The van der Waals surface area contributed by atoms with Gasteiger partial charge in [-0.2, -0.15) is 0 Å². The SMILES string of the molecule is CC(C)CO[C@H]1[C@H](C)OC(=O)[C@@H]([NH3+])CCC[C@@H]1OCCCc1ccccc1. The van der Waals surface area contributed by atoms with Crippen molar-refractivity contribution >= 4 is 5.97 Å². The molecule has 2 rings (SSSR count). The van der Waals surface area contributed by atoms with Crippen LogP contribution in [0.4, 0.5) is 0 Å². The van der Waals surface area contributed by atoms with Gasteiger partial charge in [0, 0.05) is 19.6 Å². The number of rotatable bonds is 8. The lowest BCUT2D eigenvalue weighted by molar-refractivity contribution is -0.410. The third kappa shape index (κ3) is 7.60. The quantitative estimate of drug-likeness (QED) is 0.558. The van der Waals surface area contributed by atoms with Gasteiger partial charge < -0.3 is 19.9 Å². The molecular formula is C22H36NO4+. The zero-order valence-electron chi connectivity index (χ0n) is 17.1. The van der Waals surface area contributed by atoms with Gasteiger partial charge in [-0.3, -0.25) is 0 Å². The molecule has 27 heavy (non-hydrogen) atoms. The van der Waals surface area contributed by atoms with Crippen molar-refractivity contribution in [2.24, 2.45) is 5.92 Å². The second kappa shape index (κ2) is 11.4. The summed E-state index contributed by atoms with van der Waals surface area (Å²) < 4.78 is 18.0. The molecule has 1 fully saturated rings. The van der Waals surface area contributed by atoms with Crippen LogP contribution in [0.25, 0.3) is 0 Å². The van der Waals surface area contributed by atoms with Crippen LogP contribution in [-0.2, 0) is 25.4 Å². The van der Waals surface area contributed by atoms with E-state index in [2.05, 4.69) is 43.8 Å². The number of quaternary nitrogens is 1. The molecule has 0 amide bonds. The van der Waals surface area contributed by atoms with Gasteiger partial charge in [-0.05, 0) is 44.1 Å². The molecule has 4 atom stereocenters. The minimum Gasteiger partial charge on any atom is -0.455 e. The number of carbonyl (C=O) groups is 1. The molecule has 0 aromatic heterocycles. The van der Waals surface area contributed by atoms with Gasteiger partial charge in [0.25, 0.3) is 0 Å². The molecule has 0 saturated carbocycles. The first kappa shape index (κ1) is 21.9. The summed E-state index contributed by atoms with van der Waals surface area (Å²) in [5.74, 6) is 0.185. The highest BCUT2D eigenvalue weighted by Crippen LogP contribution is 2.22. The lowest BCUT2D eigenvalue weighted by Crippen LogP contribution is -2.65. The zero-order valence-corrected chi connectivity index (χ0v) is 17.1. The van der Waals surface area contributed by atoms with Gasteiger partial charge in [0.2, 0.25) is 0 Å². The Morgan fingerprint density at radius 1 is 1.19 bits per heavy atom. The maximum Gasteiger partial charge on any atom is 0.365 e. The highest BCUT2D eigenvalue weighted by Gasteiger charge is 2.35. The number of hydrogen-bond donors (Lipinski definition) is 1. The maximum atomic E-state index is 12.2. The molecule has 1 aliphatic heterocycles. The van der Waals surface area contributed by atoms with Gasteiger partial charge in [-0.25, -0.2) is 4.79 Å². The highest BCUT2D eigenvalue weighted by atomic mass is 16.6. The number of carbonyl (C=O) groups excluding carboxylic acids is 1. The van der Waals surface area contributed by atoms with Crippen LogP contribution in [0.2, 0.25) is 0 Å². The summed E-state index contributed by atoms with van der Waals surface area (Å²) in [5, 5.41) is 0. The molecule has 0 spiro atoms. The molecule has 3 N–H and O–H groups in total. The second-order valence-corrected chi connectivity index (χ2v) is 7.96. The first-order valence-corrected chi connectivity index (χ1v) is 10.3. The number of cyclic esters (lactones) is 1. The van der Waals surface area contributed by atoms with Crippen molar-refractivity contribution in [2.45, 2.75) is 77.2 Å². The van der Waals surface area contributed by atoms with Gasteiger partial charge in [-0.1, -0.05) is 44.2 Å². The van der Waals surface area contributed by atoms with Crippen LogP contribution >= 0.6 is 0 Å². The summed E-state index contributed by atoms with van der Waals surface area (Å²) in [5.41, 5.74) is 5.26. The van der Waals surface area contributed by atoms with Crippen LogP contribution in [0.3, 0.4) is 0 Å². The molecule has 0 unspecified atom stereocenters. The van der Waals surface area contributed by atoms with Crippen LogP contribution in [0.5, 0.6) is 0 Å². The Labute approximate surface area is 163 Å². The van der Waals surface area contributed by atoms with E-state index in [1.54, 1.807) is 0 Å². The minimum atomic E-state index is -0.335. The monoisotopic (exact) mass is 378 g/mol. The summed E-state index contributed by atoms with van der Waals surface area (Å²) in [7, 11) is 0. The molecule has 0 aliphatic carbocycles. The van der Waals surface area contributed by atoms with Crippen molar-refractivity contribution in [3.63, 3.8) is 0 Å². The lowest BCUT2D eigenvalue weighted by atomic mass is 10.0. The summed E-state index contributed by atoms with van der Waals surface area (Å²) in [6.07, 6.45) is 3.80. The van der Waals surface area contributed by atoms with E-state index in [-0.39, 0.29) is 30.3 Å². The van der Waals surface area contributed by atoms with Crippen LogP contribution < -0.4 is 5.73 Å². The van der Waals surface area contributed by atoms with Gasteiger partial charge in [0.1, 0.15) is 12.2 Å². The third-order valence-electron chi connectivity index (χ3n) is 4.91. The zero-order chi connectivity index (χ0) is 19.6. The molecule has 0 bridgehead atoms. The molecule has 1 aliphatic rings. The largest absolute Gasteiger partial charge is 0.455 e. The molecule has 1 aromatic rings. The minimum absolute atomic E-state index is 0.0624. The molecule has 152 valence electrons. The van der Waals surface area contributed by atoms with Crippen molar-refractivity contribution in [3.8, 4) is 0 Å². The van der Waals surface area contributed by atoms with E-state index in [9.17, 15) is 4.79 Å². The summed E-state index contributed by atoms with van der Waals surface area (Å²) in [4.78, 5) is 12.2. The Morgan fingerprint density at radius 3 is 2.63 bits per heavy atom. The van der Waals surface area contributed by atoms with Crippen LogP contribution in [-0.4, -0.2) is 43.5 Å². The molecule has 1 heterocycles. The number of hydrogen-bond acceptors (Lipinski definition) is 4. The van der Waals surface area contributed by atoms with Gasteiger partial charge >= 0.3 is 5.97 Å². The van der Waals surface area contributed by atoms with Crippen molar-refractivity contribution < 1.29 is 24.7 Å². The highest BCUT2D eigenvalue weighted by molar-refractivity contribution is 5.74. The fraction of sp³-hybridized carbons (Fsp3) is 0.682. The second-order valence-electron chi connectivity index (χ2n) is 7.96. The number of ether oxygens (including phenoxy) is 3. The van der Waals surface area contributed by atoms with Crippen molar-refractivity contribution in [2.75, 3.05) is 13.2 Å². The first-order valence-electron chi connectivity index (χ1n) is 10.3. The molecular weight excluding hydrogens is 342 g/mol. The van der Waals surface area contributed by atoms with E-state index in [1.807, 2.05) is 13.0 Å². The normalized spacial score (nSPS) is 26.9. The van der Waals surface area contributed by atoms with Crippen LogP contribution in [0, 0.1) is 5.92 Å². The van der Waals surface area contributed by atoms with E-state index < -0.39 is 0 Å². The summed E-state index contributed by atoms with van der Waals surface area (Å²) in [6.45, 7) is 7.45. The number of aryl methyl sites for hydroxylation is 1. The topological polar surface area (TPSA) is 72.4 Å². The molecule has 5 nitrogen and oxygen atoms in total. The third-order valence-corrected chi connectivity index (χ3v) is 4.91. The fourth-order valence-corrected chi connectivity index (χ4v) is 3.38. The van der Waals surface area contributed by atoms with Gasteiger partial charge in [0.05, 0.1) is 6.10 Å². The first-order chi connectivity index (χ1) is 13.0. The van der Waals surface area contributed by atoms with E-state index in [0.29, 0.717) is 19.1 Å². The van der Waals surface area contributed by atoms with Crippen molar-refractivity contribution in [1.82, 2.24) is 0 Å². The smallest absolute Gasteiger partial charge is 0.365 e. The number of benzene rings is 1. The van der Waals surface area contributed by atoms with Crippen LogP contribution in [0.1, 0.15) is 52.0 Å². The molecule has 1 aromatic carbocycles. The van der Waals surface area contributed by atoms with Crippen molar-refractivity contribution in [1.29, 1.82) is 0 Å². The number of esters is 1. The average molecular weight is 379 g/mol. The Bertz CT molecular complexity index is 549. The van der Waals surface area contributed by atoms with Gasteiger partial charge in [0.15, 0.2) is 6.04 Å². The van der Waals surface area contributed by atoms with E-state index >= 15 is 0 Å². The van der Waals surface area contributed by atoms with E-state index in [1.165, 1.54) is 5.56 Å². The molecule has 0 radical (unpaired) electrons. The van der Waals surface area contributed by atoms with E-state index in [0.717, 1.165) is 32.1 Å². The maximum absolute atomic E-state index is 12.2. The summed E-state index contributed by atoms with van der Waals surface area (Å²) >= 11 is 0. The molecule has 5 heteroatoms. The van der Waals surface area contributed by atoms with E-state index in [4.69, 9.17) is 14.2 Å². The Hall–Kier alpha value is -1.43. The Balaban J connectivity index is 1.95. The van der Waals surface area contributed by atoms with Crippen molar-refractivity contribution in [3.05, 3.63) is 35.9 Å². The predicted octanol–water partition coefficient (Wildman–Crippen LogP) is 2.77. The van der Waals surface area contributed by atoms with Crippen LogP contribution in [0.15, 0.2) is 30.3 Å². The standard InChI is InChI=1S/C22H35NO4/c1-16(2)15-26-21-17(3)27-22(24)19(23)12-7-13-20(21)25-14-8-11-18-9-5-4-6-10-18/h4-6,9-10,16-17,19-21H,7-8,11-15,23H2,1-3H3/p+1/t17-,19-,20-,21-/m0/s1. The summed E-state index contributed by atoms with van der Waals surface area (Å²) in [6, 6.07) is 10.1.